The average Bonchev–Trinajstić information content (AvgIpc) is 2.83. The second-order valence-corrected chi connectivity index (χ2v) is 4.44. The lowest BCUT2D eigenvalue weighted by molar-refractivity contribution is -0.165. The van der Waals surface area contributed by atoms with Crippen molar-refractivity contribution in [3.8, 4) is 6.07 Å². The zero-order valence-corrected chi connectivity index (χ0v) is 10.4. The highest BCUT2D eigenvalue weighted by Gasteiger charge is 2.48. The van der Waals surface area contributed by atoms with E-state index in [1.807, 2.05) is 6.07 Å². The molecule has 0 aromatic heterocycles. The van der Waals surface area contributed by atoms with E-state index in [9.17, 15) is 14.7 Å². The third-order valence-corrected chi connectivity index (χ3v) is 2.96. The molecule has 0 radical (unpaired) electrons. The summed E-state index contributed by atoms with van der Waals surface area (Å²) in [7, 11) is 0. The molecule has 0 saturated carbocycles. The van der Waals surface area contributed by atoms with Crippen molar-refractivity contribution in [1.29, 1.82) is 5.26 Å². The number of aliphatic carboxylic acids is 1. The topological polar surface area (TPSA) is 126 Å². The number of benzene rings is 1. The Morgan fingerprint density at radius 2 is 2.30 bits per heavy atom. The van der Waals surface area contributed by atoms with Gasteiger partial charge in [0.2, 0.25) is 11.5 Å². The maximum absolute atomic E-state index is 11.3. The van der Waals surface area contributed by atoms with Crippen LogP contribution in [-0.4, -0.2) is 28.3 Å². The molecule has 0 saturated heterocycles. The number of nitrogens with two attached hydrogens (primary N) is 1. The third-order valence-electron chi connectivity index (χ3n) is 2.96. The average molecular weight is 273 g/mol. The van der Waals surface area contributed by atoms with Crippen LogP contribution in [0.1, 0.15) is 24.0 Å². The molecule has 0 fully saturated rings. The number of nitrogens with zero attached hydrogens (tertiary/aromatic N) is 2. The first kappa shape index (κ1) is 13.5. The number of nitriles is 1. The number of carboxylic acid groups (broad SMARTS) is 1. The van der Waals surface area contributed by atoms with Crippen LogP contribution in [0.15, 0.2) is 29.4 Å². The van der Waals surface area contributed by atoms with Crippen molar-refractivity contribution in [3.05, 3.63) is 35.4 Å². The van der Waals surface area contributed by atoms with Crippen LogP contribution >= 0.6 is 0 Å². The molecule has 7 heteroatoms. The summed E-state index contributed by atoms with van der Waals surface area (Å²) in [4.78, 5) is 27.3. The molecule has 1 atom stereocenters. The van der Waals surface area contributed by atoms with Gasteiger partial charge in [0.1, 0.15) is 0 Å². The Morgan fingerprint density at radius 1 is 1.55 bits per heavy atom. The van der Waals surface area contributed by atoms with Crippen LogP contribution in [0.2, 0.25) is 0 Å². The maximum atomic E-state index is 11.3. The molecular weight excluding hydrogens is 262 g/mol. The van der Waals surface area contributed by atoms with Gasteiger partial charge in [0.15, 0.2) is 0 Å². The molecule has 1 aromatic carbocycles. The summed E-state index contributed by atoms with van der Waals surface area (Å²) in [6.07, 6.45) is -0.548. The van der Waals surface area contributed by atoms with Crippen molar-refractivity contribution in [2.24, 2.45) is 10.9 Å². The molecule has 1 unspecified atom stereocenters. The van der Waals surface area contributed by atoms with Crippen LogP contribution in [0.5, 0.6) is 0 Å². The van der Waals surface area contributed by atoms with Crippen LogP contribution in [0, 0.1) is 11.3 Å². The molecule has 1 heterocycles. The van der Waals surface area contributed by atoms with E-state index in [1.165, 1.54) is 0 Å². The Kier molecular flexibility index (Phi) is 3.39. The molecule has 1 aromatic rings. The van der Waals surface area contributed by atoms with E-state index in [0.29, 0.717) is 16.8 Å². The Balaban J connectivity index is 2.27. The van der Waals surface area contributed by atoms with Crippen LogP contribution in [0.4, 0.5) is 0 Å². The van der Waals surface area contributed by atoms with Crippen molar-refractivity contribution < 1.29 is 19.5 Å². The normalized spacial score (nSPS) is 20.6. The number of primary amides is 1. The minimum atomic E-state index is -1.76. The molecular formula is C13H11N3O4. The number of amides is 1. The van der Waals surface area contributed by atoms with Gasteiger partial charge in [-0.3, -0.25) is 4.79 Å². The van der Waals surface area contributed by atoms with Crippen molar-refractivity contribution >= 4 is 17.6 Å². The summed E-state index contributed by atoms with van der Waals surface area (Å²) < 4.78 is 0. The highest BCUT2D eigenvalue weighted by atomic mass is 16.7. The van der Waals surface area contributed by atoms with E-state index >= 15 is 0 Å². The van der Waals surface area contributed by atoms with Crippen LogP contribution in [0.25, 0.3) is 0 Å². The molecule has 0 bridgehead atoms. The quantitative estimate of drug-likeness (QED) is 0.820. The fourth-order valence-electron chi connectivity index (χ4n) is 1.97. The molecule has 1 amide bonds. The molecule has 20 heavy (non-hydrogen) atoms. The Morgan fingerprint density at radius 3 is 2.90 bits per heavy atom. The number of carbonyl (C=O) groups is 2. The standard InChI is InChI=1S/C13H11N3O4/c14-7-8-2-1-3-9(4-8)10-5-13(12(18)19,20-16-10)6-11(15)17/h1-4H,5-6H2,(H2,15,17)(H,18,19). The van der Waals surface area contributed by atoms with Crippen LogP contribution in [-0.2, 0) is 14.4 Å². The second-order valence-electron chi connectivity index (χ2n) is 4.44. The molecule has 3 N–H and O–H groups in total. The van der Waals surface area contributed by atoms with Gasteiger partial charge < -0.3 is 15.7 Å². The number of carbonyl (C=O) groups excluding carboxylic acids is 1. The lowest BCUT2D eigenvalue weighted by Gasteiger charge is -2.19. The molecule has 0 spiro atoms. The van der Waals surface area contributed by atoms with Gasteiger partial charge in [-0.25, -0.2) is 4.79 Å². The Bertz CT molecular complexity index is 647. The maximum Gasteiger partial charge on any atom is 0.351 e. The SMILES string of the molecule is N#Cc1cccc(C2=NOC(CC(N)=O)(C(=O)O)C2)c1. The lowest BCUT2D eigenvalue weighted by Crippen LogP contribution is -2.42. The summed E-state index contributed by atoms with van der Waals surface area (Å²) in [6.45, 7) is 0. The minimum absolute atomic E-state index is 0.0832. The number of oxime groups is 1. The van der Waals surface area contributed by atoms with Gasteiger partial charge in [0.25, 0.3) is 0 Å². The number of rotatable bonds is 4. The van der Waals surface area contributed by atoms with Gasteiger partial charge in [-0.05, 0) is 12.1 Å². The van der Waals surface area contributed by atoms with Gasteiger partial charge in [-0.1, -0.05) is 17.3 Å². The van der Waals surface area contributed by atoms with Gasteiger partial charge in [-0.15, -0.1) is 0 Å². The van der Waals surface area contributed by atoms with E-state index in [2.05, 4.69) is 5.16 Å². The predicted octanol–water partition coefficient (Wildman–Crippen LogP) is 0.381. The van der Waals surface area contributed by atoms with Gasteiger partial charge in [0, 0.05) is 12.0 Å². The largest absolute Gasteiger partial charge is 0.478 e. The molecule has 1 aliphatic heterocycles. The molecule has 102 valence electrons. The van der Waals surface area contributed by atoms with Crippen molar-refractivity contribution in [2.75, 3.05) is 0 Å². The summed E-state index contributed by atoms with van der Waals surface area (Å²) in [5.74, 6) is -2.08. The smallest absolute Gasteiger partial charge is 0.351 e. The highest BCUT2D eigenvalue weighted by molar-refractivity contribution is 6.05. The van der Waals surface area contributed by atoms with Gasteiger partial charge >= 0.3 is 5.97 Å². The summed E-state index contributed by atoms with van der Waals surface area (Å²) >= 11 is 0. The first-order valence-electron chi connectivity index (χ1n) is 5.74. The zero-order chi connectivity index (χ0) is 14.8. The molecule has 1 aliphatic rings. The van der Waals surface area contributed by atoms with E-state index in [-0.39, 0.29) is 6.42 Å². The Labute approximate surface area is 114 Å². The van der Waals surface area contributed by atoms with E-state index in [0.717, 1.165) is 0 Å². The monoisotopic (exact) mass is 273 g/mol. The minimum Gasteiger partial charge on any atom is -0.478 e. The summed E-state index contributed by atoms with van der Waals surface area (Å²) in [5, 5.41) is 21.8. The second kappa shape index (κ2) is 5.01. The number of carboxylic acids is 1. The number of hydrogen-bond acceptors (Lipinski definition) is 5. The fourth-order valence-corrected chi connectivity index (χ4v) is 1.97. The summed E-state index contributed by atoms with van der Waals surface area (Å²) in [6, 6.07) is 8.52. The first-order valence-corrected chi connectivity index (χ1v) is 5.74. The molecule has 0 aliphatic carbocycles. The first-order chi connectivity index (χ1) is 9.47. The molecule has 2 rings (SSSR count). The fraction of sp³-hybridized carbons (Fsp3) is 0.231. The predicted molar refractivity (Wildman–Crippen MR) is 67.6 cm³/mol. The lowest BCUT2D eigenvalue weighted by atomic mass is 9.90. The van der Waals surface area contributed by atoms with Crippen molar-refractivity contribution in [1.82, 2.24) is 0 Å². The van der Waals surface area contributed by atoms with Crippen LogP contribution in [0.3, 0.4) is 0 Å². The van der Waals surface area contributed by atoms with Crippen molar-refractivity contribution in [2.45, 2.75) is 18.4 Å². The Hall–Kier alpha value is -2.88. The van der Waals surface area contributed by atoms with E-state index < -0.39 is 23.9 Å². The van der Waals surface area contributed by atoms with Crippen molar-refractivity contribution in [3.63, 3.8) is 0 Å². The third kappa shape index (κ3) is 2.44. The molecule has 7 nitrogen and oxygen atoms in total. The van der Waals surface area contributed by atoms with Gasteiger partial charge in [0.05, 0.1) is 23.8 Å². The zero-order valence-electron chi connectivity index (χ0n) is 10.4. The van der Waals surface area contributed by atoms with Crippen LogP contribution < -0.4 is 5.73 Å². The summed E-state index contributed by atoms with van der Waals surface area (Å²) in [5.41, 5.74) is 4.66. The number of hydrogen-bond donors (Lipinski definition) is 2. The van der Waals surface area contributed by atoms with E-state index in [4.69, 9.17) is 15.8 Å². The van der Waals surface area contributed by atoms with E-state index in [1.54, 1.807) is 24.3 Å². The highest BCUT2D eigenvalue weighted by Crippen LogP contribution is 2.30. The van der Waals surface area contributed by atoms with Gasteiger partial charge in [-0.2, -0.15) is 5.26 Å².